The molecule has 0 spiro atoms. The van der Waals surface area contributed by atoms with Crippen LogP contribution in [0.4, 0.5) is 0 Å². The van der Waals surface area contributed by atoms with E-state index in [4.69, 9.17) is 10.00 Å². The molecule has 1 aromatic carbocycles. The van der Waals surface area contributed by atoms with Crippen LogP contribution in [0, 0.1) is 11.3 Å². The fourth-order valence-corrected chi connectivity index (χ4v) is 1.89. The summed E-state index contributed by atoms with van der Waals surface area (Å²) in [7, 11) is 0. The van der Waals surface area contributed by atoms with Gasteiger partial charge in [0.05, 0.1) is 12.1 Å². The first-order valence-corrected chi connectivity index (χ1v) is 6.68. The van der Waals surface area contributed by atoms with Crippen molar-refractivity contribution in [1.82, 2.24) is 9.78 Å². The standard InChI is InChI=1S/C12H13N3OS/c1-17-7-6-16-9-15-12-5-3-2-4-10(12)11(8-13)14-15/h2-5H,6-7,9H2,1H3. The van der Waals surface area contributed by atoms with Crippen molar-refractivity contribution in [2.24, 2.45) is 0 Å². The predicted molar refractivity (Wildman–Crippen MR) is 68.8 cm³/mol. The summed E-state index contributed by atoms with van der Waals surface area (Å²) in [6.45, 7) is 1.08. The van der Waals surface area contributed by atoms with Gasteiger partial charge in [0.2, 0.25) is 0 Å². The first-order valence-electron chi connectivity index (χ1n) is 5.29. The molecule has 5 heteroatoms. The number of benzene rings is 1. The van der Waals surface area contributed by atoms with Crippen molar-refractivity contribution in [2.45, 2.75) is 6.73 Å². The first kappa shape index (κ1) is 12.0. The summed E-state index contributed by atoms with van der Waals surface area (Å²) in [5, 5.41) is 14.1. The van der Waals surface area contributed by atoms with E-state index in [-0.39, 0.29) is 0 Å². The van der Waals surface area contributed by atoms with E-state index in [9.17, 15) is 0 Å². The highest BCUT2D eigenvalue weighted by atomic mass is 32.2. The van der Waals surface area contributed by atoms with E-state index in [1.165, 1.54) is 0 Å². The summed E-state index contributed by atoms with van der Waals surface area (Å²) in [5.74, 6) is 0.963. The Balaban J connectivity index is 2.20. The molecule has 0 amide bonds. The highest BCUT2D eigenvalue weighted by Gasteiger charge is 2.08. The Morgan fingerprint density at radius 1 is 1.47 bits per heavy atom. The summed E-state index contributed by atoms with van der Waals surface area (Å²) in [5.41, 5.74) is 1.39. The van der Waals surface area contributed by atoms with Crippen LogP contribution in [-0.4, -0.2) is 28.4 Å². The fraction of sp³-hybridized carbons (Fsp3) is 0.333. The van der Waals surface area contributed by atoms with Crippen molar-refractivity contribution in [1.29, 1.82) is 5.26 Å². The maximum atomic E-state index is 8.99. The lowest BCUT2D eigenvalue weighted by Crippen LogP contribution is -2.06. The number of para-hydroxylation sites is 1. The second kappa shape index (κ2) is 5.71. The van der Waals surface area contributed by atoms with Gasteiger partial charge in [0, 0.05) is 11.1 Å². The molecule has 0 atom stereocenters. The van der Waals surface area contributed by atoms with Gasteiger partial charge in [-0.25, -0.2) is 4.68 Å². The quantitative estimate of drug-likeness (QED) is 0.760. The molecule has 0 aliphatic carbocycles. The minimum atomic E-state index is 0.392. The minimum Gasteiger partial charge on any atom is -0.358 e. The number of nitrogens with zero attached hydrogens (tertiary/aromatic N) is 3. The van der Waals surface area contributed by atoms with Crippen LogP contribution in [0.2, 0.25) is 0 Å². The number of nitriles is 1. The van der Waals surface area contributed by atoms with E-state index < -0.39 is 0 Å². The summed E-state index contributed by atoms with van der Waals surface area (Å²) in [6, 6.07) is 9.79. The van der Waals surface area contributed by atoms with E-state index >= 15 is 0 Å². The van der Waals surface area contributed by atoms with Crippen LogP contribution in [0.3, 0.4) is 0 Å². The molecule has 0 unspecified atom stereocenters. The largest absolute Gasteiger partial charge is 0.358 e. The average Bonchev–Trinajstić information content (AvgIpc) is 2.73. The third-order valence-corrected chi connectivity index (χ3v) is 2.98. The van der Waals surface area contributed by atoms with Gasteiger partial charge in [0.15, 0.2) is 5.69 Å². The molecule has 17 heavy (non-hydrogen) atoms. The van der Waals surface area contributed by atoms with E-state index in [1.807, 2.05) is 30.5 Å². The number of hydrogen-bond acceptors (Lipinski definition) is 4. The van der Waals surface area contributed by atoms with E-state index in [2.05, 4.69) is 11.2 Å². The Morgan fingerprint density at radius 3 is 3.06 bits per heavy atom. The highest BCUT2D eigenvalue weighted by Crippen LogP contribution is 2.17. The molecule has 88 valence electrons. The molecule has 0 radical (unpaired) electrons. The molecule has 1 heterocycles. The lowest BCUT2D eigenvalue weighted by Gasteiger charge is -2.04. The van der Waals surface area contributed by atoms with Crippen molar-refractivity contribution in [2.75, 3.05) is 18.6 Å². The van der Waals surface area contributed by atoms with Gasteiger partial charge in [0.1, 0.15) is 12.8 Å². The van der Waals surface area contributed by atoms with E-state index in [0.717, 1.165) is 16.7 Å². The summed E-state index contributed by atoms with van der Waals surface area (Å²) in [6.07, 6.45) is 2.04. The molecular weight excluding hydrogens is 234 g/mol. The SMILES string of the molecule is CSCCOCn1nc(C#N)c2ccccc21. The Bertz CT molecular complexity index is 544. The molecule has 0 saturated heterocycles. The van der Waals surface area contributed by atoms with Crippen molar-refractivity contribution >= 4 is 22.7 Å². The van der Waals surface area contributed by atoms with Gasteiger partial charge in [-0.05, 0) is 18.4 Å². The molecule has 0 N–H and O–H groups in total. The van der Waals surface area contributed by atoms with Crippen molar-refractivity contribution in [3.63, 3.8) is 0 Å². The van der Waals surface area contributed by atoms with Crippen LogP contribution < -0.4 is 0 Å². The monoisotopic (exact) mass is 247 g/mol. The summed E-state index contributed by atoms with van der Waals surface area (Å²) < 4.78 is 7.23. The Labute approximate surface area is 104 Å². The molecule has 0 saturated carbocycles. The molecule has 2 aromatic rings. The van der Waals surface area contributed by atoms with Gasteiger partial charge < -0.3 is 4.74 Å². The number of thioether (sulfide) groups is 1. The zero-order chi connectivity index (χ0) is 12.1. The van der Waals surface area contributed by atoms with Gasteiger partial charge >= 0.3 is 0 Å². The average molecular weight is 247 g/mol. The Hall–Kier alpha value is -1.51. The number of fused-ring (bicyclic) bond motifs is 1. The number of aromatic nitrogens is 2. The van der Waals surface area contributed by atoms with Gasteiger partial charge in [0.25, 0.3) is 0 Å². The molecule has 0 fully saturated rings. The first-order chi connectivity index (χ1) is 8.36. The van der Waals surface area contributed by atoms with Crippen molar-refractivity contribution < 1.29 is 4.74 Å². The molecule has 1 aromatic heterocycles. The Morgan fingerprint density at radius 2 is 2.29 bits per heavy atom. The van der Waals surface area contributed by atoms with Crippen molar-refractivity contribution in [3.05, 3.63) is 30.0 Å². The minimum absolute atomic E-state index is 0.392. The lowest BCUT2D eigenvalue weighted by molar-refractivity contribution is 0.0842. The Kier molecular flexibility index (Phi) is 4.02. The van der Waals surface area contributed by atoms with Crippen molar-refractivity contribution in [3.8, 4) is 6.07 Å². The van der Waals surface area contributed by atoms with Crippen LogP contribution in [0.15, 0.2) is 24.3 Å². The summed E-state index contributed by atoms with van der Waals surface area (Å²) >= 11 is 1.74. The zero-order valence-corrected chi connectivity index (χ0v) is 10.4. The van der Waals surface area contributed by atoms with Gasteiger partial charge in [-0.1, -0.05) is 12.1 Å². The van der Waals surface area contributed by atoms with Gasteiger partial charge in [-0.3, -0.25) is 0 Å². The topological polar surface area (TPSA) is 50.8 Å². The van der Waals surface area contributed by atoms with Crippen LogP contribution in [0.25, 0.3) is 10.9 Å². The lowest BCUT2D eigenvalue weighted by atomic mass is 10.2. The second-order valence-electron chi connectivity index (χ2n) is 3.51. The van der Waals surface area contributed by atoms with E-state index in [0.29, 0.717) is 19.0 Å². The number of rotatable bonds is 5. The van der Waals surface area contributed by atoms with Crippen LogP contribution in [-0.2, 0) is 11.5 Å². The van der Waals surface area contributed by atoms with E-state index in [1.54, 1.807) is 16.4 Å². The maximum absolute atomic E-state index is 8.99. The second-order valence-corrected chi connectivity index (χ2v) is 4.49. The highest BCUT2D eigenvalue weighted by molar-refractivity contribution is 7.98. The number of ether oxygens (including phenoxy) is 1. The number of hydrogen-bond donors (Lipinski definition) is 0. The van der Waals surface area contributed by atoms with Crippen LogP contribution in [0.5, 0.6) is 0 Å². The third-order valence-electron chi connectivity index (χ3n) is 2.41. The van der Waals surface area contributed by atoms with Gasteiger partial charge in [-0.15, -0.1) is 0 Å². The maximum Gasteiger partial charge on any atom is 0.170 e. The normalized spacial score (nSPS) is 10.6. The molecule has 0 aliphatic heterocycles. The van der Waals surface area contributed by atoms with Crippen LogP contribution in [0.1, 0.15) is 5.69 Å². The van der Waals surface area contributed by atoms with Gasteiger partial charge in [-0.2, -0.15) is 22.1 Å². The molecule has 2 rings (SSSR count). The third kappa shape index (κ3) is 2.60. The van der Waals surface area contributed by atoms with Crippen LogP contribution >= 0.6 is 11.8 Å². The summed E-state index contributed by atoms with van der Waals surface area (Å²) in [4.78, 5) is 0. The molecule has 4 nitrogen and oxygen atoms in total. The molecule has 0 aliphatic rings. The zero-order valence-electron chi connectivity index (χ0n) is 9.59. The smallest absolute Gasteiger partial charge is 0.170 e. The molecular formula is C12H13N3OS. The predicted octanol–water partition coefficient (Wildman–Crippen LogP) is 2.25. The fourth-order valence-electron chi connectivity index (χ4n) is 1.60. The molecule has 0 bridgehead atoms.